The van der Waals surface area contributed by atoms with Gasteiger partial charge in [0.2, 0.25) is 0 Å². The summed E-state index contributed by atoms with van der Waals surface area (Å²) in [5, 5.41) is 0.284. The Labute approximate surface area is 106 Å². The van der Waals surface area contributed by atoms with E-state index in [1.54, 1.807) is 6.20 Å². The smallest absolute Gasteiger partial charge is 0.145 e. The monoisotopic (exact) mass is 256 g/mol. The van der Waals surface area contributed by atoms with E-state index in [1.807, 2.05) is 0 Å². The first-order valence-corrected chi connectivity index (χ1v) is 6.36. The van der Waals surface area contributed by atoms with E-state index in [2.05, 4.69) is 29.4 Å². The number of hydrogen-bond acceptors (Lipinski definition) is 4. The van der Waals surface area contributed by atoms with E-state index in [9.17, 15) is 4.39 Å². The van der Waals surface area contributed by atoms with Crippen molar-refractivity contribution in [3.8, 4) is 5.75 Å². The molecule has 94 valence electrons. The fourth-order valence-corrected chi connectivity index (χ4v) is 2.25. The molecule has 1 saturated heterocycles. The maximum Gasteiger partial charge on any atom is 0.145 e. The molecule has 2 rings (SSSR count). The molecular formula is C12H17FN2OS. The van der Waals surface area contributed by atoms with Crippen molar-refractivity contribution in [2.24, 2.45) is 0 Å². The highest BCUT2D eigenvalue weighted by Gasteiger charge is 2.22. The second-order valence-corrected chi connectivity index (χ2v) is 5.07. The molecule has 2 heterocycles. The molecule has 3 nitrogen and oxygen atoms in total. The van der Waals surface area contributed by atoms with Crippen LogP contribution >= 0.6 is 12.6 Å². The number of halogens is 1. The summed E-state index contributed by atoms with van der Waals surface area (Å²) in [6.07, 6.45) is 4.78. The number of rotatable bonds is 3. The van der Waals surface area contributed by atoms with E-state index in [4.69, 9.17) is 4.74 Å². The normalized spacial score (nSPS) is 20.2. The van der Waals surface area contributed by atoms with Crippen LogP contribution in [0.4, 0.5) is 4.39 Å². The minimum atomic E-state index is -0.357. The highest BCUT2D eigenvalue weighted by Crippen LogP contribution is 2.20. The lowest BCUT2D eigenvalue weighted by atomic mass is 10.1. The number of hydrogen-bond donors (Lipinski definition) is 1. The fraction of sp³-hybridized carbons (Fsp3) is 0.583. The molecule has 1 aromatic heterocycles. The van der Waals surface area contributed by atoms with Crippen LogP contribution in [0, 0.1) is 5.82 Å². The van der Waals surface area contributed by atoms with E-state index in [1.165, 1.54) is 12.3 Å². The molecule has 0 N–H and O–H groups in total. The summed E-state index contributed by atoms with van der Waals surface area (Å²) in [5.41, 5.74) is 0. The van der Waals surface area contributed by atoms with Gasteiger partial charge in [0, 0.05) is 24.5 Å². The first kappa shape index (κ1) is 12.6. The van der Waals surface area contributed by atoms with E-state index in [0.29, 0.717) is 5.75 Å². The lowest BCUT2D eigenvalue weighted by Gasteiger charge is -2.34. The summed E-state index contributed by atoms with van der Waals surface area (Å²) in [4.78, 5) is 6.07. The van der Waals surface area contributed by atoms with Crippen molar-refractivity contribution >= 4 is 12.6 Å². The van der Waals surface area contributed by atoms with Crippen molar-refractivity contribution < 1.29 is 9.13 Å². The van der Waals surface area contributed by atoms with E-state index in [-0.39, 0.29) is 17.3 Å². The number of ether oxygens (including phenoxy) is 1. The third kappa shape index (κ3) is 3.57. The molecular weight excluding hydrogens is 239 g/mol. The van der Waals surface area contributed by atoms with Gasteiger partial charge >= 0.3 is 0 Å². The number of aromatic nitrogens is 1. The summed E-state index contributed by atoms with van der Waals surface area (Å²) in [7, 11) is 0. The Morgan fingerprint density at radius 1 is 1.47 bits per heavy atom. The first-order valence-electron chi connectivity index (χ1n) is 5.84. The van der Waals surface area contributed by atoms with Crippen LogP contribution in [0.15, 0.2) is 18.5 Å². The van der Waals surface area contributed by atoms with Gasteiger partial charge in [0.1, 0.15) is 17.7 Å². The summed E-state index contributed by atoms with van der Waals surface area (Å²) in [6, 6.07) is 1.38. The zero-order valence-electron chi connectivity index (χ0n) is 9.84. The highest BCUT2D eigenvalue weighted by molar-refractivity contribution is 7.80. The zero-order valence-corrected chi connectivity index (χ0v) is 10.7. The maximum absolute atomic E-state index is 12.9. The summed E-state index contributed by atoms with van der Waals surface area (Å²) >= 11 is 4.41. The Morgan fingerprint density at radius 3 is 2.76 bits per heavy atom. The largest absolute Gasteiger partial charge is 0.489 e. The average molecular weight is 256 g/mol. The van der Waals surface area contributed by atoms with Crippen LogP contribution < -0.4 is 4.74 Å². The van der Waals surface area contributed by atoms with Gasteiger partial charge in [-0.3, -0.25) is 9.88 Å². The maximum atomic E-state index is 12.9. The van der Waals surface area contributed by atoms with Gasteiger partial charge in [-0.15, -0.1) is 0 Å². The predicted octanol–water partition coefficient (Wildman–Crippen LogP) is 2.34. The minimum Gasteiger partial charge on any atom is -0.489 e. The molecule has 0 amide bonds. The third-order valence-electron chi connectivity index (χ3n) is 2.99. The summed E-state index contributed by atoms with van der Waals surface area (Å²) < 4.78 is 18.6. The van der Waals surface area contributed by atoms with Crippen molar-refractivity contribution in [3.05, 3.63) is 24.3 Å². The highest BCUT2D eigenvalue weighted by atomic mass is 32.1. The molecule has 0 aromatic carbocycles. The number of likely N-dealkylation sites (tertiary alicyclic amines) is 1. The minimum absolute atomic E-state index is 0.155. The van der Waals surface area contributed by atoms with Crippen LogP contribution in [0.25, 0.3) is 0 Å². The average Bonchev–Trinajstić information content (AvgIpc) is 2.29. The van der Waals surface area contributed by atoms with Crippen molar-refractivity contribution in [1.29, 1.82) is 0 Å². The van der Waals surface area contributed by atoms with E-state index >= 15 is 0 Å². The Kier molecular flexibility index (Phi) is 4.23. The third-order valence-corrected chi connectivity index (χ3v) is 3.31. The SMILES string of the molecule is CC(S)N1CCC(Oc2cncc(F)c2)CC1. The van der Waals surface area contributed by atoms with Gasteiger partial charge < -0.3 is 4.74 Å². The molecule has 1 atom stereocenters. The van der Waals surface area contributed by atoms with Crippen LogP contribution in [0.3, 0.4) is 0 Å². The Hall–Kier alpha value is -0.810. The lowest BCUT2D eigenvalue weighted by molar-refractivity contribution is 0.0975. The molecule has 0 bridgehead atoms. The zero-order chi connectivity index (χ0) is 12.3. The first-order chi connectivity index (χ1) is 8.15. The van der Waals surface area contributed by atoms with Crippen LogP contribution in [0.5, 0.6) is 5.75 Å². The van der Waals surface area contributed by atoms with Gasteiger partial charge in [-0.1, -0.05) is 0 Å². The number of thiol groups is 1. The molecule has 1 aliphatic rings. The van der Waals surface area contributed by atoms with E-state index < -0.39 is 0 Å². The van der Waals surface area contributed by atoms with Crippen LogP contribution in [-0.4, -0.2) is 34.5 Å². The molecule has 1 aliphatic heterocycles. The van der Waals surface area contributed by atoms with Crippen molar-refractivity contribution in [1.82, 2.24) is 9.88 Å². The molecule has 0 saturated carbocycles. The lowest BCUT2D eigenvalue weighted by Crippen LogP contribution is -2.41. The van der Waals surface area contributed by atoms with Crippen LogP contribution in [0.2, 0.25) is 0 Å². The number of pyridine rings is 1. The second kappa shape index (κ2) is 5.69. The molecule has 1 unspecified atom stereocenters. The van der Waals surface area contributed by atoms with Gasteiger partial charge in [0.05, 0.1) is 12.4 Å². The number of nitrogens with zero attached hydrogens (tertiary/aromatic N) is 2. The molecule has 0 radical (unpaired) electrons. The van der Waals surface area contributed by atoms with Gasteiger partial charge in [-0.05, 0) is 19.8 Å². The number of piperidine rings is 1. The van der Waals surface area contributed by atoms with Gasteiger partial charge in [0.25, 0.3) is 0 Å². The summed E-state index contributed by atoms with van der Waals surface area (Å²) in [5.74, 6) is 0.159. The Bertz CT molecular complexity index is 367. The Morgan fingerprint density at radius 2 is 2.18 bits per heavy atom. The predicted molar refractivity (Wildman–Crippen MR) is 67.9 cm³/mol. The molecule has 0 aliphatic carbocycles. The van der Waals surface area contributed by atoms with Crippen molar-refractivity contribution in [2.45, 2.75) is 31.2 Å². The standard InChI is InChI=1S/C12H17FN2OS/c1-9(17)15-4-2-11(3-5-15)16-12-6-10(13)7-14-8-12/h6-9,11,17H,2-5H2,1H3. The molecule has 5 heteroatoms. The van der Waals surface area contributed by atoms with Gasteiger partial charge in [-0.25, -0.2) is 4.39 Å². The quantitative estimate of drug-likeness (QED) is 0.840. The van der Waals surface area contributed by atoms with Crippen molar-refractivity contribution in [3.63, 3.8) is 0 Å². The van der Waals surface area contributed by atoms with Crippen LogP contribution in [0.1, 0.15) is 19.8 Å². The van der Waals surface area contributed by atoms with Crippen LogP contribution in [-0.2, 0) is 0 Å². The fourth-order valence-electron chi connectivity index (χ4n) is 2.02. The molecule has 17 heavy (non-hydrogen) atoms. The van der Waals surface area contributed by atoms with E-state index in [0.717, 1.165) is 25.9 Å². The van der Waals surface area contributed by atoms with Crippen molar-refractivity contribution in [2.75, 3.05) is 13.1 Å². The van der Waals surface area contributed by atoms with Gasteiger partial charge in [0.15, 0.2) is 0 Å². The van der Waals surface area contributed by atoms with Gasteiger partial charge in [-0.2, -0.15) is 12.6 Å². The topological polar surface area (TPSA) is 25.4 Å². The molecule has 1 aromatic rings. The Balaban J connectivity index is 1.86. The second-order valence-electron chi connectivity index (χ2n) is 4.32. The molecule has 0 spiro atoms. The summed E-state index contributed by atoms with van der Waals surface area (Å²) in [6.45, 7) is 4.01. The molecule has 1 fully saturated rings.